The molecule has 1 saturated heterocycles. The lowest BCUT2D eigenvalue weighted by atomic mass is 9.88. The van der Waals surface area contributed by atoms with E-state index in [0.717, 1.165) is 13.1 Å². The van der Waals surface area contributed by atoms with Crippen LogP contribution in [0.15, 0.2) is 0 Å². The first-order chi connectivity index (χ1) is 7.15. The summed E-state index contributed by atoms with van der Waals surface area (Å²) in [5.41, 5.74) is 0. The minimum Gasteiger partial charge on any atom is -0.465 e. The molecule has 1 heterocycles. The third kappa shape index (κ3) is 4.37. The molecule has 1 fully saturated rings. The molecule has 1 unspecified atom stereocenters. The van der Waals surface area contributed by atoms with Crippen molar-refractivity contribution < 1.29 is 14.3 Å². The molecule has 0 aliphatic carbocycles. The molecule has 0 aromatic rings. The van der Waals surface area contributed by atoms with Gasteiger partial charge < -0.3 is 15.4 Å². The van der Waals surface area contributed by atoms with E-state index in [1.54, 1.807) is 6.92 Å². The molecule has 2 N–H and O–H groups in total. The number of carbonyl (C=O) groups excluding carboxylic acids is 2. The summed E-state index contributed by atoms with van der Waals surface area (Å²) in [5.74, 6) is -0.104. The number of esters is 1. The predicted molar refractivity (Wildman–Crippen MR) is 62.4 cm³/mol. The van der Waals surface area contributed by atoms with Crippen molar-refractivity contribution in [1.29, 1.82) is 0 Å². The van der Waals surface area contributed by atoms with E-state index in [2.05, 4.69) is 10.6 Å². The smallest absolute Gasteiger partial charge is 0.325 e. The Morgan fingerprint density at radius 3 is 2.56 bits per heavy atom. The van der Waals surface area contributed by atoms with Crippen LogP contribution in [0.3, 0.4) is 0 Å². The van der Waals surface area contributed by atoms with Gasteiger partial charge in [0, 0.05) is 5.92 Å². The summed E-state index contributed by atoms with van der Waals surface area (Å²) < 4.78 is 4.71. The van der Waals surface area contributed by atoms with Crippen molar-refractivity contribution in [1.82, 2.24) is 10.6 Å². The summed E-state index contributed by atoms with van der Waals surface area (Å²) in [7, 11) is 0. The maximum Gasteiger partial charge on any atom is 0.325 e. The first-order valence-electron chi connectivity index (χ1n) is 5.29. The van der Waals surface area contributed by atoms with E-state index in [9.17, 15) is 9.59 Å². The Kier molecular flexibility index (Phi) is 7.08. The Balaban J connectivity index is 0.00000225. The van der Waals surface area contributed by atoms with Crippen molar-refractivity contribution in [3.63, 3.8) is 0 Å². The zero-order valence-corrected chi connectivity index (χ0v) is 10.4. The fourth-order valence-corrected chi connectivity index (χ4v) is 1.41. The molecular weight excluding hydrogens is 232 g/mol. The Morgan fingerprint density at radius 2 is 2.12 bits per heavy atom. The second-order valence-corrected chi connectivity index (χ2v) is 3.73. The Hall–Kier alpha value is -0.810. The lowest BCUT2D eigenvalue weighted by molar-refractivity contribution is -0.144. The quantitative estimate of drug-likeness (QED) is 0.671. The van der Waals surface area contributed by atoms with Crippen LogP contribution in [0.5, 0.6) is 0 Å². The van der Waals surface area contributed by atoms with Gasteiger partial charge in [-0.1, -0.05) is 6.92 Å². The summed E-state index contributed by atoms with van der Waals surface area (Å²) in [6.07, 6.45) is 0. The van der Waals surface area contributed by atoms with Crippen molar-refractivity contribution in [2.45, 2.75) is 13.8 Å². The standard InChI is InChI=1S/C10H18N2O3.ClH/c1-3-15-9(13)6-12-10(14)7(2)8-4-11-5-8;/h7-8,11H,3-6H2,1-2H3,(H,12,14);1H. The number of carbonyl (C=O) groups is 2. The fourth-order valence-electron chi connectivity index (χ4n) is 1.41. The molecule has 0 aromatic carbocycles. The minimum atomic E-state index is -0.384. The third-order valence-corrected chi connectivity index (χ3v) is 2.65. The van der Waals surface area contributed by atoms with E-state index < -0.39 is 0 Å². The monoisotopic (exact) mass is 250 g/mol. The van der Waals surface area contributed by atoms with Crippen molar-refractivity contribution in [2.75, 3.05) is 26.2 Å². The largest absolute Gasteiger partial charge is 0.465 e. The Bertz CT molecular complexity index is 244. The molecule has 1 aliphatic rings. The highest BCUT2D eigenvalue weighted by Crippen LogP contribution is 2.15. The molecule has 0 radical (unpaired) electrons. The van der Waals surface area contributed by atoms with Gasteiger partial charge in [0.1, 0.15) is 6.54 Å². The average Bonchev–Trinajstić information content (AvgIpc) is 2.11. The van der Waals surface area contributed by atoms with Gasteiger partial charge in [0.15, 0.2) is 0 Å². The van der Waals surface area contributed by atoms with Crippen LogP contribution >= 0.6 is 12.4 Å². The zero-order chi connectivity index (χ0) is 11.3. The highest BCUT2D eigenvalue weighted by atomic mass is 35.5. The van der Waals surface area contributed by atoms with Crippen molar-refractivity contribution in [2.24, 2.45) is 11.8 Å². The summed E-state index contributed by atoms with van der Waals surface area (Å²) >= 11 is 0. The number of nitrogens with one attached hydrogen (secondary N) is 2. The van der Waals surface area contributed by atoms with Gasteiger partial charge in [0.25, 0.3) is 0 Å². The first-order valence-corrected chi connectivity index (χ1v) is 5.29. The second-order valence-electron chi connectivity index (χ2n) is 3.73. The van der Waals surface area contributed by atoms with Crippen LogP contribution in [0, 0.1) is 11.8 Å². The van der Waals surface area contributed by atoms with Gasteiger partial charge in [0.2, 0.25) is 5.91 Å². The van der Waals surface area contributed by atoms with Crippen LogP contribution in [-0.4, -0.2) is 38.1 Å². The molecule has 0 bridgehead atoms. The molecular formula is C10H19ClN2O3. The van der Waals surface area contributed by atoms with Crippen LogP contribution in [0.1, 0.15) is 13.8 Å². The van der Waals surface area contributed by atoms with Crippen LogP contribution in [-0.2, 0) is 14.3 Å². The van der Waals surface area contributed by atoms with Gasteiger partial charge >= 0.3 is 5.97 Å². The van der Waals surface area contributed by atoms with Crippen LogP contribution < -0.4 is 10.6 Å². The maximum atomic E-state index is 11.5. The van der Waals surface area contributed by atoms with Crippen LogP contribution in [0.4, 0.5) is 0 Å². The number of halogens is 1. The van der Waals surface area contributed by atoms with Gasteiger partial charge in [-0.2, -0.15) is 0 Å². The van der Waals surface area contributed by atoms with Gasteiger partial charge in [-0.25, -0.2) is 0 Å². The summed E-state index contributed by atoms with van der Waals surface area (Å²) in [6.45, 7) is 5.70. The average molecular weight is 251 g/mol. The lowest BCUT2D eigenvalue weighted by Crippen LogP contribution is -2.50. The molecule has 1 aliphatic heterocycles. The maximum absolute atomic E-state index is 11.5. The van der Waals surface area contributed by atoms with Crippen molar-refractivity contribution in [3.8, 4) is 0 Å². The molecule has 1 amide bonds. The summed E-state index contributed by atoms with van der Waals surface area (Å²) in [5, 5.41) is 5.69. The minimum absolute atomic E-state index is 0. The van der Waals surface area contributed by atoms with Crippen LogP contribution in [0.2, 0.25) is 0 Å². The van der Waals surface area contributed by atoms with Crippen molar-refractivity contribution >= 4 is 24.3 Å². The number of rotatable bonds is 5. The van der Waals surface area contributed by atoms with E-state index in [4.69, 9.17) is 4.74 Å². The normalized spacial score (nSPS) is 16.6. The van der Waals surface area contributed by atoms with E-state index in [-0.39, 0.29) is 36.7 Å². The fraction of sp³-hybridized carbons (Fsp3) is 0.800. The SMILES string of the molecule is CCOC(=O)CNC(=O)C(C)C1CNC1.Cl. The lowest BCUT2D eigenvalue weighted by Gasteiger charge is -2.31. The highest BCUT2D eigenvalue weighted by molar-refractivity contribution is 5.85. The summed E-state index contributed by atoms with van der Waals surface area (Å²) in [4.78, 5) is 22.5. The number of amides is 1. The molecule has 1 atom stereocenters. The Labute approximate surface area is 102 Å². The molecule has 0 aromatic heterocycles. The molecule has 94 valence electrons. The molecule has 1 rings (SSSR count). The van der Waals surface area contributed by atoms with Gasteiger partial charge in [-0.05, 0) is 25.9 Å². The number of ether oxygens (including phenoxy) is 1. The molecule has 0 saturated carbocycles. The van der Waals surface area contributed by atoms with Crippen molar-refractivity contribution in [3.05, 3.63) is 0 Å². The van der Waals surface area contributed by atoms with Gasteiger partial charge in [-0.3, -0.25) is 9.59 Å². The highest BCUT2D eigenvalue weighted by Gasteiger charge is 2.28. The molecule has 6 heteroatoms. The topological polar surface area (TPSA) is 67.4 Å². The molecule has 0 spiro atoms. The van der Waals surface area contributed by atoms with E-state index in [1.807, 2.05) is 6.92 Å². The first kappa shape index (κ1) is 15.2. The third-order valence-electron chi connectivity index (χ3n) is 2.65. The van der Waals surface area contributed by atoms with Gasteiger partial charge in [-0.15, -0.1) is 12.4 Å². The van der Waals surface area contributed by atoms with Gasteiger partial charge in [0.05, 0.1) is 6.61 Å². The van der Waals surface area contributed by atoms with E-state index in [0.29, 0.717) is 12.5 Å². The second kappa shape index (κ2) is 7.46. The number of hydrogen-bond acceptors (Lipinski definition) is 4. The van der Waals surface area contributed by atoms with E-state index in [1.165, 1.54) is 0 Å². The molecule has 5 nitrogen and oxygen atoms in total. The molecule has 16 heavy (non-hydrogen) atoms. The van der Waals surface area contributed by atoms with E-state index >= 15 is 0 Å². The zero-order valence-electron chi connectivity index (χ0n) is 9.62. The Morgan fingerprint density at radius 1 is 1.50 bits per heavy atom. The summed E-state index contributed by atoms with van der Waals surface area (Å²) in [6, 6.07) is 0. The number of hydrogen-bond donors (Lipinski definition) is 2. The predicted octanol–water partition coefficient (Wildman–Crippen LogP) is -0.0570. The van der Waals surface area contributed by atoms with Crippen LogP contribution in [0.25, 0.3) is 0 Å².